The molecule has 0 aromatic heterocycles. The smallest absolute Gasteiger partial charge is 0.253 e. The van der Waals surface area contributed by atoms with E-state index in [-0.39, 0.29) is 36.1 Å². The van der Waals surface area contributed by atoms with E-state index in [9.17, 15) is 19.2 Å². The lowest BCUT2D eigenvalue weighted by Gasteiger charge is -2.11. The number of hydrogen-bond donors (Lipinski definition) is 3. The third-order valence-electron chi connectivity index (χ3n) is 2.97. The van der Waals surface area contributed by atoms with Crippen LogP contribution in [0.2, 0.25) is 10.0 Å². The quantitative estimate of drug-likeness (QED) is 0.612. The molecular formula is C15H18Cl2N4O4. The van der Waals surface area contributed by atoms with Crippen LogP contribution in [0, 0.1) is 0 Å². The van der Waals surface area contributed by atoms with Crippen molar-refractivity contribution in [3.05, 3.63) is 33.8 Å². The van der Waals surface area contributed by atoms with Crippen LogP contribution in [0.25, 0.3) is 0 Å². The zero-order chi connectivity index (χ0) is 19.0. The summed E-state index contributed by atoms with van der Waals surface area (Å²) in [4.78, 5) is 47.7. The van der Waals surface area contributed by atoms with E-state index < -0.39 is 17.7 Å². The normalized spacial score (nSPS) is 9.92. The maximum Gasteiger partial charge on any atom is 0.253 e. The summed E-state index contributed by atoms with van der Waals surface area (Å²) < 4.78 is 0. The van der Waals surface area contributed by atoms with Gasteiger partial charge in [0.2, 0.25) is 17.7 Å². The van der Waals surface area contributed by atoms with Crippen LogP contribution >= 0.6 is 23.2 Å². The zero-order valence-electron chi connectivity index (χ0n) is 13.7. The Morgan fingerprint density at radius 1 is 0.920 bits per heavy atom. The molecule has 0 saturated heterocycles. The first-order valence-electron chi connectivity index (χ1n) is 7.17. The van der Waals surface area contributed by atoms with Crippen molar-refractivity contribution in [3.63, 3.8) is 0 Å². The molecule has 8 nitrogen and oxygen atoms in total. The first-order valence-corrected chi connectivity index (χ1v) is 7.93. The Balaban J connectivity index is 2.34. The summed E-state index contributed by atoms with van der Waals surface area (Å²) in [6, 6.07) is 4.35. The third kappa shape index (κ3) is 7.40. The molecule has 0 saturated carbocycles. The molecule has 1 aromatic rings. The van der Waals surface area contributed by atoms with Gasteiger partial charge in [0.05, 0.1) is 30.2 Å². The summed E-state index contributed by atoms with van der Waals surface area (Å²) in [6.07, 6.45) is 0. The average Bonchev–Trinajstić information content (AvgIpc) is 2.55. The van der Waals surface area contributed by atoms with E-state index in [2.05, 4.69) is 16.0 Å². The second-order valence-corrected chi connectivity index (χ2v) is 5.99. The number of carbonyl (C=O) groups excluding carboxylic acids is 4. The molecule has 0 spiro atoms. The molecule has 25 heavy (non-hydrogen) atoms. The fourth-order valence-electron chi connectivity index (χ4n) is 1.57. The van der Waals surface area contributed by atoms with E-state index in [1.165, 1.54) is 23.1 Å². The number of carbonyl (C=O) groups is 4. The number of halogens is 2. The molecular weight excluding hydrogens is 371 g/mol. The van der Waals surface area contributed by atoms with Gasteiger partial charge < -0.3 is 20.9 Å². The molecule has 0 aliphatic rings. The van der Waals surface area contributed by atoms with Crippen molar-refractivity contribution >= 4 is 46.8 Å². The van der Waals surface area contributed by atoms with Gasteiger partial charge in [-0.25, -0.2) is 0 Å². The van der Waals surface area contributed by atoms with Crippen LogP contribution in [0.1, 0.15) is 10.4 Å². The molecule has 0 aliphatic heterocycles. The highest BCUT2D eigenvalue weighted by Gasteiger charge is 2.13. The monoisotopic (exact) mass is 388 g/mol. The van der Waals surface area contributed by atoms with E-state index >= 15 is 0 Å². The lowest BCUT2D eigenvalue weighted by Crippen LogP contribution is -2.44. The first-order chi connectivity index (χ1) is 11.7. The van der Waals surface area contributed by atoms with Crippen LogP contribution in [0.3, 0.4) is 0 Å². The highest BCUT2D eigenvalue weighted by molar-refractivity contribution is 6.36. The Bertz CT molecular complexity index is 679. The van der Waals surface area contributed by atoms with Crippen LogP contribution in [0.4, 0.5) is 0 Å². The molecule has 0 bridgehead atoms. The minimum absolute atomic E-state index is 0.159. The molecule has 4 amide bonds. The van der Waals surface area contributed by atoms with Gasteiger partial charge in [-0.3, -0.25) is 19.2 Å². The Morgan fingerprint density at radius 3 is 2.04 bits per heavy atom. The number of nitrogens with one attached hydrogen (secondary N) is 3. The molecule has 0 heterocycles. The van der Waals surface area contributed by atoms with Gasteiger partial charge in [0.15, 0.2) is 0 Å². The Hall–Kier alpha value is -2.32. The summed E-state index contributed by atoms with van der Waals surface area (Å²) in [7, 11) is 3.12. The van der Waals surface area contributed by atoms with Gasteiger partial charge in [0.1, 0.15) is 0 Å². The molecule has 0 radical (unpaired) electrons. The van der Waals surface area contributed by atoms with E-state index in [0.29, 0.717) is 5.02 Å². The van der Waals surface area contributed by atoms with E-state index in [1.807, 2.05) is 0 Å². The van der Waals surface area contributed by atoms with Crippen molar-refractivity contribution in [2.45, 2.75) is 0 Å². The molecule has 136 valence electrons. The second kappa shape index (κ2) is 9.85. The van der Waals surface area contributed by atoms with Crippen molar-refractivity contribution in [3.8, 4) is 0 Å². The molecule has 0 fully saturated rings. The molecule has 1 rings (SSSR count). The highest BCUT2D eigenvalue weighted by Crippen LogP contribution is 2.20. The van der Waals surface area contributed by atoms with Crippen molar-refractivity contribution in [1.82, 2.24) is 20.9 Å². The van der Waals surface area contributed by atoms with Gasteiger partial charge in [-0.15, -0.1) is 0 Å². The van der Waals surface area contributed by atoms with Crippen molar-refractivity contribution in [2.75, 3.05) is 33.7 Å². The van der Waals surface area contributed by atoms with Gasteiger partial charge >= 0.3 is 0 Å². The second-order valence-electron chi connectivity index (χ2n) is 5.15. The van der Waals surface area contributed by atoms with Crippen LogP contribution in [0.15, 0.2) is 18.2 Å². The number of hydrogen-bond acceptors (Lipinski definition) is 4. The van der Waals surface area contributed by atoms with Gasteiger partial charge in [0.25, 0.3) is 5.91 Å². The number of amides is 4. The van der Waals surface area contributed by atoms with Crippen molar-refractivity contribution < 1.29 is 19.2 Å². The maximum absolute atomic E-state index is 11.9. The third-order valence-corrected chi connectivity index (χ3v) is 3.51. The predicted octanol–water partition coefficient (Wildman–Crippen LogP) is 0.0438. The topological polar surface area (TPSA) is 108 Å². The summed E-state index contributed by atoms with van der Waals surface area (Å²) in [5, 5.41) is 7.61. The number of rotatable bonds is 7. The standard InChI is InChI=1S/C15H18Cl2N4O4/c1-21(2)14(24)8-19-12(22)6-18-13(23)7-20-15(25)10-4-3-9(16)5-11(10)17/h3-5H,6-8H2,1-2H3,(H,18,23)(H,19,22)(H,20,25). The Morgan fingerprint density at radius 2 is 1.48 bits per heavy atom. The number of likely N-dealkylation sites (N-methyl/N-ethyl adjacent to an activating group) is 1. The van der Waals surface area contributed by atoms with E-state index in [0.717, 1.165) is 0 Å². The van der Waals surface area contributed by atoms with E-state index in [1.54, 1.807) is 14.1 Å². The maximum atomic E-state index is 11.9. The lowest BCUT2D eigenvalue weighted by atomic mass is 10.2. The average molecular weight is 389 g/mol. The Labute approximate surface area is 154 Å². The fraction of sp³-hybridized carbons (Fsp3) is 0.333. The molecule has 1 aromatic carbocycles. The summed E-state index contributed by atoms with van der Waals surface area (Å²) in [5.41, 5.74) is 0.179. The molecule has 0 aliphatic carbocycles. The molecule has 0 unspecified atom stereocenters. The number of benzene rings is 1. The lowest BCUT2D eigenvalue weighted by molar-refractivity contribution is -0.131. The minimum atomic E-state index is -0.562. The van der Waals surface area contributed by atoms with Crippen LogP contribution in [0.5, 0.6) is 0 Å². The van der Waals surface area contributed by atoms with Crippen molar-refractivity contribution in [2.24, 2.45) is 0 Å². The highest BCUT2D eigenvalue weighted by atomic mass is 35.5. The van der Waals surface area contributed by atoms with Crippen LogP contribution in [-0.2, 0) is 14.4 Å². The largest absolute Gasteiger partial charge is 0.347 e. The zero-order valence-corrected chi connectivity index (χ0v) is 15.2. The first kappa shape index (κ1) is 20.7. The van der Waals surface area contributed by atoms with Gasteiger partial charge in [-0.1, -0.05) is 23.2 Å². The number of nitrogens with zero attached hydrogens (tertiary/aromatic N) is 1. The van der Waals surface area contributed by atoms with Crippen LogP contribution < -0.4 is 16.0 Å². The Kier molecular flexibility index (Phi) is 8.17. The predicted molar refractivity (Wildman–Crippen MR) is 93.5 cm³/mol. The SMILES string of the molecule is CN(C)C(=O)CNC(=O)CNC(=O)CNC(=O)c1ccc(Cl)cc1Cl. The van der Waals surface area contributed by atoms with E-state index in [4.69, 9.17) is 23.2 Å². The molecule has 0 atom stereocenters. The van der Waals surface area contributed by atoms with Gasteiger partial charge in [-0.2, -0.15) is 0 Å². The summed E-state index contributed by atoms with van der Waals surface area (Å²) >= 11 is 11.6. The fourth-order valence-corrected chi connectivity index (χ4v) is 2.06. The minimum Gasteiger partial charge on any atom is -0.347 e. The summed E-state index contributed by atoms with van der Waals surface area (Å²) in [5.74, 6) is -1.90. The van der Waals surface area contributed by atoms with Crippen molar-refractivity contribution in [1.29, 1.82) is 0 Å². The summed E-state index contributed by atoms with van der Waals surface area (Å²) in [6.45, 7) is -0.799. The van der Waals surface area contributed by atoms with Gasteiger partial charge in [-0.05, 0) is 18.2 Å². The van der Waals surface area contributed by atoms with Gasteiger partial charge in [0, 0.05) is 19.1 Å². The molecule has 3 N–H and O–H groups in total. The van der Waals surface area contributed by atoms with Crippen LogP contribution in [-0.4, -0.2) is 62.3 Å². The molecule has 10 heteroatoms.